The zero-order valence-electron chi connectivity index (χ0n) is 8.83. The Hall–Kier alpha value is -1.24. The Morgan fingerprint density at radius 3 is 2.14 bits per heavy atom. The first-order valence-electron chi connectivity index (χ1n) is 5.00. The average molecular weight is 200 g/mol. The van der Waals surface area contributed by atoms with E-state index in [0.717, 1.165) is 12.8 Å². The Labute approximate surface area is 85.7 Å². The van der Waals surface area contributed by atoms with Crippen molar-refractivity contribution in [1.29, 1.82) is 5.26 Å². The van der Waals surface area contributed by atoms with Gasteiger partial charge < -0.3 is 10.8 Å². The molecule has 4 nitrogen and oxygen atoms in total. The van der Waals surface area contributed by atoms with Gasteiger partial charge in [0.05, 0.1) is 6.07 Å². The van der Waals surface area contributed by atoms with E-state index in [4.69, 9.17) is 15.2 Å². The summed E-state index contributed by atoms with van der Waals surface area (Å²) in [4.78, 5) is 8.78. The van der Waals surface area contributed by atoms with E-state index >= 15 is 0 Å². The van der Waals surface area contributed by atoms with Crippen LogP contribution in [0, 0.1) is 11.3 Å². The molecule has 0 saturated heterocycles. The molecule has 0 aromatic carbocycles. The molecule has 82 valence electrons. The number of carbonyl (C=O) groups is 1. The van der Waals surface area contributed by atoms with Crippen molar-refractivity contribution in [1.82, 2.24) is 0 Å². The molecule has 4 heteroatoms. The summed E-state index contributed by atoms with van der Waals surface area (Å²) in [6.07, 6.45) is 7.07. The van der Waals surface area contributed by atoms with Crippen LogP contribution in [-0.2, 0) is 0 Å². The van der Waals surface area contributed by atoms with Gasteiger partial charge in [-0.05, 0) is 6.42 Å². The molecule has 0 aliphatic rings. The van der Waals surface area contributed by atoms with Crippen molar-refractivity contribution >= 4 is 6.09 Å². The van der Waals surface area contributed by atoms with E-state index < -0.39 is 6.09 Å². The van der Waals surface area contributed by atoms with Gasteiger partial charge in [0.25, 0.3) is 0 Å². The lowest BCUT2D eigenvalue weighted by atomic mass is 10.1. The number of rotatable bonds is 6. The molecular formula is C10H20N2O2. The van der Waals surface area contributed by atoms with Crippen LogP contribution >= 0.6 is 0 Å². The fourth-order valence-corrected chi connectivity index (χ4v) is 0.984. The minimum atomic E-state index is -1.33. The van der Waals surface area contributed by atoms with Gasteiger partial charge in [0.15, 0.2) is 0 Å². The lowest BCUT2D eigenvalue weighted by molar-refractivity contribution is 0.205. The van der Waals surface area contributed by atoms with Gasteiger partial charge in [-0.15, -0.1) is 0 Å². The molecule has 0 bridgehead atoms. The maximum atomic E-state index is 8.78. The van der Waals surface area contributed by atoms with E-state index in [0.29, 0.717) is 0 Å². The highest BCUT2D eigenvalue weighted by atomic mass is 16.4. The van der Waals surface area contributed by atoms with Crippen molar-refractivity contribution in [3.05, 3.63) is 0 Å². The molecule has 0 spiro atoms. The van der Waals surface area contributed by atoms with Crippen LogP contribution in [-0.4, -0.2) is 11.2 Å². The molecule has 0 radical (unpaired) electrons. The predicted molar refractivity (Wildman–Crippen MR) is 55.8 cm³/mol. The van der Waals surface area contributed by atoms with E-state index in [9.17, 15) is 0 Å². The number of nitriles is 1. The molecule has 0 aromatic heterocycles. The summed E-state index contributed by atoms with van der Waals surface area (Å²) in [6.45, 7) is 2.22. The van der Waals surface area contributed by atoms with Crippen molar-refractivity contribution in [2.24, 2.45) is 5.73 Å². The summed E-state index contributed by atoms with van der Waals surface area (Å²) in [5.41, 5.74) is 4.03. The zero-order valence-corrected chi connectivity index (χ0v) is 8.83. The van der Waals surface area contributed by atoms with Gasteiger partial charge in [-0.3, -0.25) is 0 Å². The number of carboxylic acid groups (broad SMARTS) is 1. The predicted octanol–water partition coefficient (Wildman–Crippen LogP) is 2.88. The second kappa shape index (κ2) is 14.3. The molecule has 0 atom stereocenters. The number of hydrogen-bond donors (Lipinski definition) is 2. The second-order valence-corrected chi connectivity index (χ2v) is 3.01. The third-order valence-corrected chi connectivity index (χ3v) is 1.64. The van der Waals surface area contributed by atoms with Crippen LogP contribution in [0.1, 0.15) is 51.9 Å². The van der Waals surface area contributed by atoms with Crippen LogP contribution < -0.4 is 5.73 Å². The van der Waals surface area contributed by atoms with Gasteiger partial charge in [-0.25, -0.2) is 4.79 Å². The van der Waals surface area contributed by atoms with Crippen LogP contribution in [0.4, 0.5) is 4.79 Å². The molecule has 0 unspecified atom stereocenters. The van der Waals surface area contributed by atoms with Crippen molar-refractivity contribution in [3.8, 4) is 6.07 Å². The van der Waals surface area contributed by atoms with Crippen molar-refractivity contribution in [3.63, 3.8) is 0 Å². The molecule has 0 aliphatic carbocycles. The van der Waals surface area contributed by atoms with Gasteiger partial charge in [0.2, 0.25) is 0 Å². The molecule has 0 aromatic rings. The summed E-state index contributed by atoms with van der Waals surface area (Å²) in [5, 5.41) is 15.4. The van der Waals surface area contributed by atoms with Crippen molar-refractivity contribution in [2.75, 3.05) is 0 Å². The van der Waals surface area contributed by atoms with Crippen LogP contribution in [0.15, 0.2) is 0 Å². The number of unbranched alkanes of at least 4 members (excludes halogenated alkanes) is 6. The largest absolute Gasteiger partial charge is 0.465 e. The monoisotopic (exact) mass is 200 g/mol. The summed E-state index contributed by atoms with van der Waals surface area (Å²) in [7, 11) is 0. The van der Waals surface area contributed by atoms with Gasteiger partial charge >= 0.3 is 6.09 Å². The fourth-order valence-electron chi connectivity index (χ4n) is 0.984. The molecular weight excluding hydrogens is 180 g/mol. The highest BCUT2D eigenvalue weighted by Crippen LogP contribution is 2.05. The zero-order chi connectivity index (χ0) is 11.2. The number of primary amides is 1. The fraction of sp³-hybridized carbons (Fsp3) is 0.800. The SMILES string of the molecule is CCCCCCCCC#N.NC(=O)O. The maximum absolute atomic E-state index is 8.78. The second-order valence-electron chi connectivity index (χ2n) is 3.01. The summed E-state index contributed by atoms with van der Waals surface area (Å²) in [6, 6.07) is 2.16. The molecule has 14 heavy (non-hydrogen) atoms. The third-order valence-electron chi connectivity index (χ3n) is 1.64. The first-order chi connectivity index (χ1) is 6.65. The Morgan fingerprint density at radius 2 is 1.71 bits per heavy atom. The van der Waals surface area contributed by atoms with E-state index in [1.54, 1.807) is 0 Å². The molecule has 1 amide bonds. The smallest absolute Gasteiger partial charge is 0.402 e. The molecule has 0 saturated carbocycles. The Morgan fingerprint density at radius 1 is 1.29 bits per heavy atom. The summed E-state index contributed by atoms with van der Waals surface area (Å²) in [5.74, 6) is 0. The standard InChI is InChI=1S/C9H17N.CH3NO2/c1-2-3-4-5-6-7-8-9-10;2-1(3)4/h2-8H2,1H3;2H2,(H,3,4). The number of amides is 1. The Bertz CT molecular complexity index is 160. The molecule has 0 heterocycles. The van der Waals surface area contributed by atoms with Crippen LogP contribution in [0.5, 0.6) is 0 Å². The molecule has 0 aliphatic heterocycles. The number of nitrogens with two attached hydrogens (primary N) is 1. The lowest BCUT2D eigenvalue weighted by Crippen LogP contribution is -2.03. The topological polar surface area (TPSA) is 87.1 Å². The van der Waals surface area contributed by atoms with E-state index in [-0.39, 0.29) is 0 Å². The Balaban J connectivity index is 0. The van der Waals surface area contributed by atoms with Gasteiger partial charge in [0, 0.05) is 6.42 Å². The van der Waals surface area contributed by atoms with Crippen LogP contribution in [0.25, 0.3) is 0 Å². The van der Waals surface area contributed by atoms with Crippen LogP contribution in [0.2, 0.25) is 0 Å². The van der Waals surface area contributed by atoms with E-state index in [1.165, 1.54) is 32.1 Å². The number of hydrogen-bond acceptors (Lipinski definition) is 2. The molecule has 0 rings (SSSR count). The Kier molecular flexibility index (Phi) is 15.6. The highest BCUT2D eigenvalue weighted by molar-refractivity contribution is 5.61. The van der Waals surface area contributed by atoms with E-state index in [1.807, 2.05) is 0 Å². The van der Waals surface area contributed by atoms with Gasteiger partial charge in [-0.1, -0.05) is 39.0 Å². The van der Waals surface area contributed by atoms with Gasteiger partial charge in [0.1, 0.15) is 0 Å². The van der Waals surface area contributed by atoms with E-state index in [2.05, 4.69) is 18.7 Å². The minimum absolute atomic E-state index is 0.742. The first kappa shape index (κ1) is 15.2. The quantitative estimate of drug-likeness (QED) is 0.646. The maximum Gasteiger partial charge on any atom is 0.402 e. The third kappa shape index (κ3) is 30.9. The van der Waals surface area contributed by atoms with Crippen molar-refractivity contribution in [2.45, 2.75) is 51.9 Å². The minimum Gasteiger partial charge on any atom is -0.465 e. The summed E-state index contributed by atoms with van der Waals surface area (Å²) < 4.78 is 0. The average Bonchev–Trinajstić information content (AvgIpc) is 2.10. The normalized spacial score (nSPS) is 8.29. The highest BCUT2D eigenvalue weighted by Gasteiger charge is 1.87. The molecule has 0 fully saturated rings. The molecule has 3 N–H and O–H groups in total. The van der Waals surface area contributed by atoms with Crippen LogP contribution in [0.3, 0.4) is 0 Å². The lowest BCUT2D eigenvalue weighted by Gasteiger charge is -1.95. The number of nitrogens with zero attached hydrogens (tertiary/aromatic N) is 1. The summed E-state index contributed by atoms with van der Waals surface area (Å²) >= 11 is 0. The first-order valence-corrected chi connectivity index (χ1v) is 5.00. The van der Waals surface area contributed by atoms with Crippen molar-refractivity contribution < 1.29 is 9.90 Å². The van der Waals surface area contributed by atoms with Gasteiger partial charge in [-0.2, -0.15) is 5.26 Å².